The molecule has 2 saturated heterocycles. The van der Waals surface area contributed by atoms with Crippen LogP contribution in [-0.4, -0.2) is 13.3 Å². The molecule has 29 heavy (non-hydrogen) atoms. The van der Waals surface area contributed by atoms with Crippen LogP contribution in [0, 0.1) is 23.2 Å². The first-order chi connectivity index (χ1) is 13.6. The second kappa shape index (κ2) is 9.14. The second-order valence-corrected chi connectivity index (χ2v) is 11.2. The van der Waals surface area contributed by atoms with Gasteiger partial charge < -0.3 is 4.74 Å². The molecule has 1 aromatic rings. The summed E-state index contributed by atoms with van der Waals surface area (Å²) in [6.07, 6.45) is 13.5. The third-order valence-corrected chi connectivity index (χ3v) is 9.76. The average molecular weight is 385 g/mol. The van der Waals surface area contributed by atoms with Gasteiger partial charge in [-0.3, -0.25) is 0 Å². The summed E-state index contributed by atoms with van der Waals surface area (Å²) in [6, 6.07) is 10.7. The van der Waals surface area contributed by atoms with Crippen molar-refractivity contribution >= 4 is 6.71 Å². The molecule has 2 aliphatic heterocycles. The molecule has 5 aliphatic rings. The summed E-state index contributed by atoms with van der Waals surface area (Å²) >= 11 is 0. The van der Waals surface area contributed by atoms with Crippen molar-refractivity contribution in [1.29, 1.82) is 0 Å². The van der Waals surface area contributed by atoms with Crippen LogP contribution in [0.5, 0.6) is 0 Å². The van der Waals surface area contributed by atoms with Gasteiger partial charge in [0.05, 0.1) is 6.61 Å². The van der Waals surface area contributed by atoms with E-state index in [0.717, 1.165) is 55.1 Å². The zero-order chi connectivity index (χ0) is 19.1. The van der Waals surface area contributed by atoms with Crippen LogP contribution < -0.4 is 18.9 Å². The minimum Gasteiger partial charge on any atom is -0.377 e. The molecule has 2 unspecified atom stereocenters. The largest absolute Gasteiger partial charge is 1.00 e. The van der Waals surface area contributed by atoms with Crippen molar-refractivity contribution in [3.8, 4) is 0 Å². The normalized spacial score (nSPS) is 38.0. The SMILES string of the molecule is CC1(C)[C@H]2CC([B-]3C4CCCC3CCC4)C(CCOCc3ccccc3)[C@@H]1C2.[Li+]. The predicted molar refractivity (Wildman–Crippen MR) is 119 cm³/mol. The van der Waals surface area contributed by atoms with Crippen LogP contribution in [0.3, 0.4) is 0 Å². The Morgan fingerprint density at radius 1 is 0.966 bits per heavy atom. The first-order valence-corrected chi connectivity index (χ1v) is 12.3. The fourth-order valence-electron chi connectivity index (χ4n) is 8.25. The Kier molecular flexibility index (Phi) is 6.95. The molecule has 0 spiro atoms. The van der Waals surface area contributed by atoms with Crippen LogP contribution in [0.2, 0.25) is 17.5 Å². The molecular formula is C26H39BLiO. The molecule has 0 amide bonds. The predicted octanol–water partition coefficient (Wildman–Crippen LogP) is 4.25. The van der Waals surface area contributed by atoms with Gasteiger partial charge in [-0.15, -0.1) is 6.71 Å². The van der Waals surface area contributed by atoms with Crippen molar-refractivity contribution in [2.24, 2.45) is 23.2 Å². The molecule has 153 valence electrons. The maximum absolute atomic E-state index is 6.19. The van der Waals surface area contributed by atoms with E-state index in [2.05, 4.69) is 44.2 Å². The smallest absolute Gasteiger partial charge is 0.377 e. The first-order valence-electron chi connectivity index (χ1n) is 12.3. The first kappa shape index (κ1) is 22.1. The molecule has 4 bridgehead atoms. The Morgan fingerprint density at radius 3 is 2.24 bits per heavy atom. The van der Waals surface area contributed by atoms with Crippen molar-refractivity contribution in [1.82, 2.24) is 0 Å². The maximum Gasteiger partial charge on any atom is 1.00 e. The van der Waals surface area contributed by atoms with Crippen molar-refractivity contribution in [3.05, 3.63) is 35.9 Å². The number of hydrogen-bond acceptors (Lipinski definition) is 1. The summed E-state index contributed by atoms with van der Waals surface area (Å²) in [4.78, 5) is 0. The van der Waals surface area contributed by atoms with E-state index in [1.165, 1.54) is 63.4 Å². The molecule has 5 fully saturated rings. The van der Waals surface area contributed by atoms with Gasteiger partial charge >= 0.3 is 18.9 Å². The summed E-state index contributed by atoms with van der Waals surface area (Å²) in [5.74, 6) is 6.01. The van der Waals surface area contributed by atoms with Gasteiger partial charge in [-0.05, 0) is 35.7 Å². The summed E-state index contributed by atoms with van der Waals surface area (Å²) in [5, 5.41) is 0. The molecule has 1 radical (unpaired) electrons. The topological polar surface area (TPSA) is 9.23 Å². The number of rotatable bonds is 6. The molecule has 2 heterocycles. The number of hydrogen-bond donors (Lipinski definition) is 0. The monoisotopic (exact) mass is 385 g/mol. The van der Waals surface area contributed by atoms with E-state index in [-0.39, 0.29) is 18.9 Å². The second-order valence-electron chi connectivity index (χ2n) is 11.2. The quantitative estimate of drug-likeness (QED) is 0.526. The molecular weight excluding hydrogens is 346 g/mol. The fraction of sp³-hybridized carbons (Fsp3) is 0.769. The fourth-order valence-corrected chi connectivity index (χ4v) is 8.25. The van der Waals surface area contributed by atoms with Gasteiger partial charge in [0.15, 0.2) is 0 Å². The molecule has 3 saturated carbocycles. The molecule has 0 aromatic heterocycles. The summed E-state index contributed by atoms with van der Waals surface area (Å²) in [5.41, 5.74) is 1.90. The average Bonchev–Trinajstić information content (AvgIpc) is 2.71. The number of ether oxygens (including phenoxy) is 1. The maximum atomic E-state index is 6.19. The van der Waals surface area contributed by atoms with E-state index in [4.69, 9.17) is 4.74 Å². The Morgan fingerprint density at radius 2 is 1.62 bits per heavy atom. The van der Waals surface area contributed by atoms with Crippen LogP contribution in [0.1, 0.15) is 77.2 Å². The standard InChI is InChI=1S/C26H39BO.Li/c1-26(2)20-16-24(26)23(14-15-28-18-19-8-4-3-5-9-19)25(17-20)27-21-10-6-11-22(27)13-7-12-21;/h3-5,8-9,20-25H,6-7,10-18H2,1-2H3;/q-1;+1/t20-,21?,22?,23?,24+,25?;/m1./s1. The Bertz CT molecular complexity index is 640. The van der Waals surface area contributed by atoms with E-state index in [1.807, 2.05) is 0 Å². The van der Waals surface area contributed by atoms with Crippen molar-refractivity contribution < 1.29 is 23.6 Å². The number of fused-ring (bicyclic) bond motifs is 5. The van der Waals surface area contributed by atoms with Crippen LogP contribution in [0.4, 0.5) is 0 Å². The van der Waals surface area contributed by atoms with Crippen LogP contribution >= 0.6 is 0 Å². The minimum atomic E-state index is 0. The molecule has 4 atom stereocenters. The van der Waals surface area contributed by atoms with E-state index in [0.29, 0.717) is 5.41 Å². The molecule has 1 nitrogen and oxygen atoms in total. The van der Waals surface area contributed by atoms with Crippen LogP contribution in [-0.2, 0) is 11.3 Å². The summed E-state index contributed by atoms with van der Waals surface area (Å²) in [7, 11) is 0. The van der Waals surface area contributed by atoms with Gasteiger partial charge in [-0.1, -0.05) is 95.0 Å². The van der Waals surface area contributed by atoms with Gasteiger partial charge in [0.1, 0.15) is 0 Å². The van der Waals surface area contributed by atoms with Crippen LogP contribution in [0.25, 0.3) is 0 Å². The Hall–Kier alpha value is -0.158. The molecule has 6 rings (SSSR count). The molecule has 3 aliphatic carbocycles. The molecule has 0 N–H and O–H groups in total. The van der Waals surface area contributed by atoms with Gasteiger partial charge in [-0.2, -0.15) is 17.5 Å². The van der Waals surface area contributed by atoms with Crippen molar-refractivity contribution in [2.45, 2.75) is 95.7 Å². The third-order valence-electron chi connectivity index (χ3n) is 9.76. The summed E-state index contributed by atoms with van der Waals surface area (Å²) in [6.45, 7) is 7.94. The number of benzene rings is 1. The Balaban J connectivity index is 0.00000205. The van der Waals surface area contributed by atoms with E-state index in [1.54, 1.807) is 0 Å². The van der Waals surface area contributed by atoms with E-state index >= 15 is 0 Å². The van der Waals surface area contributed by atoms with E-state index < -0.39 is 0 Å². The van der Waals surface area contributed by atoms with Crippen molar-refractivity contribution in [3.63, 3.8) is 0 Å². The van der Waals surface area contributed by atoms with Crippen molar-refractivity contribution in [2.75, 3.05) is 6.61 Å². The zero-order valence-corrected chi connectivity index (χ0v) is 19.1. The van der Waals surface area contributed by atoms with Crippen LogP contribution in [0.15, 0.2) is 30.3 Å². The van der Waals surface area contributed by atoms with Gasteiger partial charge in [0, 0.05) is 6.61 Å². The van der Waals surface area contributed by atoms with Gasteiger partial charge in [-0.25, -0.2) is 0 Å². The van der Waals surface area contributed by atoms with Gasteiger partial charge in [0.25, 0.3) is 0 Å². The third kappa shape index (κ3) is 4.16. The molecule has 1 aromatic carbocycles. The Labute approximate surface area is 191 Å². The zero-order valence-electron chi connectivity index (χ0n) is 19.1. The van der Waals surface area contributed by atoms with Gasteiger partial charge in [0.2, 0.25) is 0 Å². The van der Waals surface area contributed by atoms with E-state index in [9.17, 15) is 0 Å². The summed E-state index contributed by atoms with van der Waals surface area (Å²) < 4.78 is 6.19. The minimum absolute atomic E-state index is 0. The molecule has 3 heteroatoms.